The van der Waals surface area contributed by atoms with Gasteiger partial charge in [0, 0.05) is 15.3 Å². The molecule has 8 heteroatoms. The standard InChI is InChI=1S/C13H15Br2Cl2NO2S/c14-8-13(4-2-1-3-5-13)18-21(19,20)12-10(16)6-9(15)7-11(12)17/h6-7,18H,1-5,8H2. The van der Waals surface area contributed by atoms with E-state index in [9.17, 15) is 8.42 Å². The normalized spacial score (nSPS) is 18.7. The Bertz CT molecular complexity index is 608. The molecule has 118 valence electrons. The van der Waals surface area contributed by atoms with Gasteiger partial charge in [-0.2, -0.15) is 0 Å². The van der Waals surface area contributed by atoms with E-state index in [2.05, 4.69) is 36.6 Å². The molecule has 1 aromatic carbocycles. The van der Waals surface area contributed by atoms with Gasteiger partial charge in [0.15, 0.2) is 0 Å². The van der Waals surface area contributed by atoms with Crippen molar-refractivity contribution in [2.24, 2.45) is 0 Å². The van der Waals surface area contributed by atoms with Gasteiger partial charge >= 0.3 is 0 Å². The van der Waals surface area contributed by atoms with Gasteiger partial charge in [-0.15, -0.1) is 0 Å². The van der Waals surface area contributed by atoms with Gasteiger partial charge in [0.1, 0.15) is 4.90 Å². The Balaban J connectivity index is 2.38. The molecule has 1 N–H and O–H groups in total. The average Bonchev–Trinajstić information content (AvgIpc) is 2.37. The number of rotatable bonds is 4. The van der Waals surface area contributed by atoms with Crippen LogP contribution >= 0.6 is 55.1 Å². The molecule has 2 rings (SSSR count). The summed E-state index contributed by atoms with van der Waals surface area (Å²) in [4.78, 5) is -0.0556. The summed E-state index contributed by atoms with van der Waals surface area (Å²) >= 11 is 18.8. The van der Waals surface area contributed by atoms with Crippen molar-refractivity contribution < 1.29 is 8.42 Å². The van der Waals surface area contributed by atoms with E-state index in [1.165, 1.54) is 12.1 Å². The smallest absolute Gasteiger partial charge is 0.207 e. The fourth-order valence-electron chi connectivity index (χ4n) is 2.61. The first kappa shape index (κ1) is 18.0. The number of hydrogen-bond donors (Lipinski definition) is 1. The number of sulfonamides is 1. The largest absolute Gasteiger partial charge is 0.244 e. The Morgan fingerprint density at radius 2 is 1.67 bits per heavy atom. The maximum Gasteiger partial charge on any atom is 0.244 e. The lowest BCUT2D eigenvalue weighted by Gasteiger charge is -2.36. The fourth-order valence-corrected chi connectivity index (χ4v) is 6.90. The fraction of sp³-hybridized carbons (Fsp3) is 0.538. The van der Waals surface area contributed by atoms with E-state index in [0.717, 1.165) is 32.1 Å². The monoisotopic (exact) mass is 477 g/mol. The second-order valence-corrected chi connectivity index (χ2v) is 9.19. The highest BCUT2D eigenvalue weighted by Crippen LogP contribution is 2.36. The molecule has 0 amide bonds. The van der Waals surface area contributed by atoms with Gasteiger partial charge in [-0.05, 0) is 25.0 Å². The summed E-state index contributed by atoms with van der Waals surface area (Å²) in [5.41, 5.74) is -0.461. The Hall–Kier alpha value is 0.670. The van der Waals surface area contributed by atoms with Crippen molar-refractivity contribution in [1.29, 1.82) is 0 Å². The van der Waals surface area contributed by atoms with E-state index in [0.29, 0.717) is 9.80 Å². The summed E-state index contributed by atoms with van der Waals surface area (Å²) in [6.07, 6.45) is 4.77. The van der Waals surface area contributed by atoms with E-state index in [-0.39, 0.29) is 14.9 Å². The van der Waals surface area contributed by atoms with Crippen molar-refractivity contribution >= 4 is 65.1 Å². The summed E-state index contributed by atoms with van der Waals surface area (Å²) in [6, 6.07) is 3.06. The number of hydrogen-bond acceptors (Lipinski definition) is 2. The summed E-state index contributed by atoms with van der Waals surface area (Å²) in [6.45, 7) is 0. The van der Waals surface area contributed by atoms with E-state index in [4.69, 9.17) is 23.2 Å². The van der Waals surface area contributed by atoms with Crippen LogP contribution in [-0.4, -0.2) is 19.3 Å². The Kier molecular flexibility index (Phi) is 6.05. The number of nitrogens with one attached hydrogen (secondary N) is 1. The Morgan fingerprint density at radius 3 is 2.14 bits per heavy atom. The topological polar surface area (TPSA) is 46.2 Å². The maximum absolute atomic E-state index is 12.7. The molecule has 0 radical (unpaired) electrons. The third-order valence-corrected chi connectivity index (χ3v) is 7.68. The van der Waals surface area contributed by atoms with Crippen LogP contribution in [0, 0.1) is 0 Å². The molecule has 0 heterocycles. The minimum absolute atomic E-state index is 0.0556. The lowest BCUT2D eigenvalue weighted by Crippen LogP contribution is -2.51. The highest BCUT2D eigenvalue weighted by Gasteiger charge is 2.37. The summed E-state index contributed by atoms with van der Waals surface area (Å²) in [7, 11) is -3.77. The van der Waals surface area contributed by atoms with Crippen molar-refractivity contribution in [2.75, 3.05) is 5.33 Å². The molecule has 0 atom stereocenters. The maximum atomic E-state index is 12.7. The molecule has 1 aliphatic rings. The van der Waals surface area contributed by atoms with Gasteiger partial charge in [0.05, 0.1) is 10.0 Å². The van der Waals surface area contributed by atoms with Crippen LogP contribution < -0.4 is 4.72 Å². The number of halogens is 4. The second-order valence-electron chi connectivity index (χ2n) is 5.28. The van der Waals surface area contributed by atoms with Gasteiger partial charge in [0.2, 0.25) is 10.0 Å². The first-order valence-corrected chi connectivity index (χ1v) is 10.7. The van der Waals surface area contributed by atoms with Crippen molar-refractivity contribution in [3.05, 3.63) is 26.7 Å². The van der Waals surface area contributed by atoms with Crippen molar-refractivity contribution in [1.82, 2.24) is 4.72 Å². The quantitative estimate of drug-likeness (QED) is 0.608. The van der Waals surface area contributed by atoms with Crippen molar-refractivity contribution in [3.63, 3.8) is 0 Å². The Morgan fingerprint density at radius 1 is 1.14 bits per heavy atom. The first-order valence-electron chi connectivity index (χ1n) is 6.54. The molecule has 0 unspecified atom stereocenters. The highest BCUT2D eigenvalue weighted by atomic mass is 79.9. The molecule has 1 aromatic rings. The van der Waals surface area contributed by atoms with Crippen LogP contribution in [0.1, 0.15) is 32.1 Å². The predicted octanol–water partition coefficient (Wildman–Crippen LogP) is 5.13. The van der Waals surface area contributed by atoms with Gasteiger partial charge in [0.25, 0.3) is 0 Å². The zero-order valence-corrected chi connectivity index (χ0v) is 16.6. The molecule has 0 spiro atoms. The molecule has 0 bridgehead atoms. The summed E-state index contributed by atoms with van der Waals surface area (Å²) < 4.78 is 28.9. The SMILES string of the molecule is O=S(=O)(NC1(CBr)CCCCC1)c1c(Cl)cc(Br)cc1Cl. The molecule has 1 fully saturated rings. The minimum atomic E-state index is -3.77. The van der Waals surface area contributed by atoms with Crippen LogP contribution in [0.2, 0.25) is 10.0 Å². The van der Waals surface area contributed by atoms with E-state index >= 15 is 0 Å². The number of benzene rings is 1. The highest BCUT2D eigenvalue weighted by molar-refractivity contribution is 9.10. The van der Waals surface area contributed by atoms with E-state index < -0.39 is 15.6 Å². The molecule has 0 saturated heterocycles. The van der Waals surface area contributed by atoms with Gasteiger partial charge < -0.3 is 0 Å². The summed E-state index contributed by atoms with van der Waals surface area (Å²) in [5, 5.41) is 0.801. The van der Waals surface area contributed by atoms with Crippen LogP contribution in [0.25, 0.3) is 0 Å². The average molecular weight is 480 g/mol. The van der Waals surface area contributed by atoms with E-state index in [1.54, 1.807) is 0 Å². The molecule has 21 heavy (non-hydrogen) atoms. The van der Waals surface area contributed by atoms with Crippen molar-refractivity contribution in [3.8, 4) is 0 Å². The Labute approximate surface area is 152 Å². The first-order chi connectivity index (χ1) is 9.80. The molecule has 1 saturated carbocycles. The van der Waals surface area contributed by atoms with Crippen LogP contribution in [0.15, 0.2) is 21.5 Å². The summed E-state index contributed by atoms with van der Waals surface area (Å²) in [5.74, 6) is 0. The molecule has 0 aromatic heterocycles. The third-order valence-electron chi connectivity index (χ3n) is 3.65. The number of alkyl halides is 1. The van der Waals surface area contributed by atoms with Crippen LogP contribution in [0.3, 0.4) is 0 Å². The second kappa shape index (κ2) is 7.05. The van der Waals surface area contributed by atoms with Gasteiger partial charge in [-0.3, -0.25) is 0 Å². The van der Waals surface area contributed by atoms with Gasteiger partial charge in [-0.1, -0.05) is 74.3 Å². The lowest BCUT2D eigenvalue weighted by atomic mass is 9.84. The molecule has 3 nitrogen and oxygen atoms in total. The third kappa shape index (κ3) is 4.15. The van der Waals surface area contributed by atoms with E-state index in [1.807, 2.05) is 0 Å². The van der Waals surface area contributed by atoms with Crippen LogP contribution in [0.4, 0.5) is 0 Å². The lowest BCUT2D eigenvalue weighted by molar-refractivity contribution is 0.301. The zero-order valence-electron chi connectivity index (χ0n) is 11.1. The van der Waals surface area contributed by atoms with Crippen LogP contribution in [0.5, 0.6) is 0 Å². The molecule has 0 aliphatic heterocycles. The van der Waals surface area contributed by atoms with Crippen LogP contribution in [-0.2, 0) is 10.0 Å². The molecular formula is C13H15Br2Cl2NO2S. The van der Waals surface area contributed by atoms with Crippen molar-refractivity contribution in [2.45, 2.75) is 42.5 Å². The zero-order chi connectivity index (χ0) is 15.7. The predicted molar refractivity (Wildman–Crippen MR) is 94.1 cm³/mol. The van der Waals surface area contributed by atoms with Gasteiger partial charge in [-0.25, -0.2) is 13.1 Å². The molecular weight excluding hydrogens is 465 g/mol. The molecule has 1 aliphatic carbocycles. The minimum Gasteiger partial charge on any atom is -0.207 e.